The molecule has 5 heteroatoms. The predicted octanol–water partition coefficient (Wildman–Crippen LogP) is 1.10. The molecule has 0 aliphatic heterocycles. The summed E-state index contributed by atoms with van der Waals surface area (Å²) in [5, 5.41) is 3.07. The van der Waals surface area contributed by atoms with Crippen molar-refractivity contribution in [3.05, 3.63) is 47.1 Å². The number of anilines is 3. The van der Waals surface area contributed by atoms with E-state index in [-0.39, 0.29) is 5.69 Å². The molecule has 0 radical (unpaired) electrons. The highest BCUT2D eigenvalue weighted by Crippen LogP contribution is 2.15. The summed E-state index contributed by atoms with van der Waals surface area (Å²) in [4.78, 5) is 16.8. The molecule has 15 heavy (non-hydrogen) atoms. The van der Waals surface area contributed by atoms with Crippen molar-refractivity contribution in [2.24, 2.45) is 0 Å². The minimum absolute atomic E-state index is 0.363. The standard InChI is InChI=1S/C10H10N4O/c11-7-1-3-8(4-2-7)14-9-5-12-10(15)13-6-9/h1-6,14H,11H2,(H,12,13,15). The SMILES string of the molecule is Nc1ccc(Nc2cnc(=O)[nH]c2)cc1. The fraction of sp³-hybridized carbons (Fsp3) is 0. The van der Waals surface area contributed by atoms with Crippen molar-refractivity contribution in [1.29, 1.82) is 0 Å². The maximum absolute atomic E-state index is 10.7. The number of nitrogens with one attached hydrogen (secondary N) is 2. The number of aromatic nitrogens is 2. The Balaban J connectivity index is 2.18. The van der Waals surface area contributed by atoms with Gasteiger partial charge >= 0.3 is 5.69 Å². The van der Waals surface area contributed by atoms with Gasteiger partial charge in [0.1, 0.15) is 0 Å². The van der Waals surface area contributed by atoms with Gasteiger partial charge in [0.15, 0.2) is 0 Å². The van der Waals surface area contributed by atoms with Gasteiger partial charge in [0, 0.05) is 17.6 Å². The van der Waals surface area contributed by atoms with Gasteiger partial charge in [-0.15, -0.1) is 0 Å². The normalized spacial score (nSPS) is 9.87. The molecule has 1 heterocycles. The summed E-state index contributed by atoms with van der Waals surface area (Å²) in [5.41, 5.74) is 7.51. The lowest BCUT2D eigenvalue weighted by molar-refractivity contribution is 1.08. The maximum atomic E-state index is 10.7. The fourth-order valence-corrected chi connectivity index (χ4v) is 1.14. The first-order chi connectivity index (χ1) is 7.24. The summed E-state index contributed by atoms with van der Waals surface area (Å²) < 4.78 is 0. The van der Waals surface area contributed by atoms with Gasteiger partial charge in [-0.3, -0.25) is 0 Å². The second kappa shape index (κ2) is 3.83. The van der Waals surface area contributed by atoms with E-state index in [2.05, 4.69) is 15.3 Å². The molecule has 5 nitrogen and oxygen atoms in total. The van der Waals surface area contributed by atoms with E-state index in [1.54, 1.807) is 18.3 Å². The van der Waals surface area contributed by atoms with E-state index in [4.69, 9.17) is 5.73 Å². The van der Waals surface area contributed by atoms with Gasteiger partial charge in [0.05, 0.1) is 11.9 Å². The molecule has 0 bridgehead atoms. The van der Waals surface area contributed by atoms with E-state index in [0.717, 1.165) is 11.4 Å². The Labute approximate surface area is 86.0 Å². The molecular weight excluding hydrogens is 192 g/mol. The number of aromatic amines is 1. The second-order valence-corrected chi connectivity index (χ2v) is 3.05. The van der Waals surface area contributed by atoms with Gasteiger partial charge < -0.3 is 16.0 Å². The van der Waals surface area contributed by atoms with E-state index in [1.165, 1.54) is 6.20 Å². The summed E-state index contributed by atoms with van der Waals surface area (Å²) in [6.07, 6.45) is 3.03. The number of nitrogens with two attached hydrogens (primary N) is 1. The van der Waals surface area contributed by atoms with Gasteiger partial charge in [0.25, 0.3) is 0 Å². The quantitative estimate of drug-likeness (QED) is 0.636. The minimum Gasteiger partial charge on any atom is -0.399 e. The summed E-state index contributed by atoms with van der Waals surface area (Å²) in [7, 11) is 0. The second-order valence-electron chi connectivity index (χ2n) is 3.05. The van der Waals surface area contributed by atoms with Crippen LogP contribution in [0.2, 0.25) is 0 Å². The fourth-order valence-electron chi connectivity index (χ4n) is 1.14. The Kier molecular flexibility index (Phi) is 2.37. The van der Waals surface area contributed by atoms with Gasteiger partial charge in [0.2, 0.25) is 0 Å². The van der Waals surface area contributed by atoms with Crippen molar-refractivity contribution in [2.45, 2.75) is 0 Å². The van der Waals surface area contributed by atoms with E-state index in [0.29, 0.717) is 5.69 Å². The van der Waals surface area contributed by atoms with Crippen LogP contribution in [0.25, 0.3) is 0 Å². The summed E-state index contributed by atoms with van der Waals surface area (Å²) in [5.74, 6) is 0. The molecule has 0 unspecified atom stereocenters. The molecule has 0 spiro atoms. The number of hydrogen-bond acceptors (Lipinski definition) is 4. The van der Waals surface area contributed by atoms with Crippen molar-refractivity contribution in [1.82, 2.24) is 9.97 Å². The van der Waals surface area contributed by atoms with Crippen molar-refractivity contribution < 1.29 is 0 Å². The summed E-state index contributed by atoms with van der Waals surface area (Å²) >= 11 is 0. The van der Waals surface area contributed by atoms with Crippen LogP contribution in [0.3, 0.4) is 0 Å². The summed E-state index contributed by atoms with van der Waals surface area (Å²) in [6.45, 7) is 0. The topological polar surface area (TPSA) is 83.8 Å². The van der Waals surface area contributed by atoms with E-state index < -0.39 is 0 Å². The molecule has 2 rings (SSSR count). The lowest BCUT2D eigenvalue weighted by Gasteiger charge is -2.04. The van der Waals surface area contributed by atoms with E-state index in [1.807, 2.05) is 12.1 Å². The minimum atomic E-state index is -0.363. The molecule has 0 saturated heterocycles. The van der Waals surface area contributed by atoms with Crippen LogP contribution in [0.15, 0.2) is 41.5 Å². The molecule has 76 valence electrons. The average molecular weight is 202 g/mol. The van der Waals surface area contributed by atoms with Gasteiger partial charge in [-0.1, -0.05) is 0 Å². The van der Waals surface area contributed by atoms with E-state index >= 15 is 0 Å². The third kappa shape index (κ3) is 2.34. The molecular formula is C10H10N4O. The number of hydrogen-bond donors (Lipinski definition) is 3. The molecule has 0 aliphatic rings. The van der Waals surface area contributed by atoms with Crippen LogP contribution in [0.1, 0.15) is 0 Å². The molecule has 2 aromatic rings. The van der Waals surface area contributed by atoms with Crippen LogP contribution < -0.4 is 16.7 Å². The number of H-pyrrole nitrogens is 1. The smallest absolute Gasteiger partial charge is 0.345 e. The number of nitrogen functional groups attached to an aromatic ring is 1. The number of rotatable bonds is 2. The van der Waals surface area contributed by atoms with Crippen LogP contribution in [-0.2, 0) is 0 Å². The van der Waals surface area contributed by atoms with Crippen LogP contribution in [0, 0.1) is 0 Å². The Morgan fingerprint density at radius 2 is 1.93 bits per heavy atom. The van der Waals surface area contributed by atoms with Crippen LogP contribution in [-0.4, -0.2) is 9.97 Å². The molecule has 1 aromatic heterocycles. The van der Waals surface area contributed by atoms with Crippen molar-refractivity contribution >= 4 is 17.1 Å². The highest BCUT2D eigenvalue weighted by Gasteiger charge is 1.94. The Morgan fingerprint density at radius 3 is 2.53 bits per heavy atom. The first-order valence-corrected chi connectivity index (χ1v) is 4.41. The van der Waals surface area contributed by atoms with Gasteiger partial charge in [-0.2, -0.15) is 4.98 Å². The summed E-state index contributed by atoms with van der Waals surface area (Å²) in [6, 6.07) is 7.28. The van der Waals surface area contributed by atoms with Crippen LogP contribution in [0.5, 0.6) is 0 Å². The van der Waals surface area contributed by atoms with E-state index in [9.17, 15) is 4.79 Å². The molecule has 0 saturated carbocycles. The van der Waals surface area contributed by atoms with Crippen molar-refractivity contribution in [3.63, 3.8) is 0 Å². The maximum Gasteiger partial charge on any atom is 0.345 e. The Bertz CT molecular complexity index is 483. The average Bonchev–Trinajstić information content (AvgIpc) is 2.25. The monoisotopic (exact) mass is 202 g/mol. The predicted molar refractivity (Wildman–Crippen MR) is 59.0 cm³/mol. The van der Waals surface area contributed by atoms with Gasteiger partial charge in [-0.05, 0) is 24.3 Å². The third-order valence-electron chi connectivity index (χ3n) is 1.87. The zero-order valence-corrected chi connectivity index (χ0v) is 7.90. The zero-order chi connectivity index (χ0) is 10.7. The zero-order valence-electron chi connectivity index (χ0n) is 7.90. The van der Waals surface area contributed by atoms with Crippen molar-refractivity contribution in [3.8, 4) is 0 Å². The lowest BCUT2D eigenvalue weighted by Crippen LogP contribution is -2.08. The Morgan fingerprint density at radius 1 is 1.20 bits per heavy atom. The number of nitrogens with zero attached hydrogens (tertiary/aromatic N) is 1. The van der Waals surface area contributed by atoms with Crippen LogP contribution >= 0.6 is 0 Å². The third-order valence-corrected chi connectivity index (χ3v) is 1.87. The van der Waals surface area contributed by atoms with Gasteiger partial charge in [-0.25, -0.2) is 4.79 Å². The number of benzene rings is 1. The molecule has 4 N–H and O–H groups in total. The van der Waals surface area contributed by atoms with Crippen molar-refractivity contribution in [2.75, 3.05) is 11.1 Å². The highest BCUT2D eigenvalue weighted by atomic mass is 16.1. The highest BCUT2D eigenvalue weighted by molar-refractivity contribution is 5.60. The molecule has 0 amide bonds. The van der Waals surface area contributed by atoms with Crippen LogP contribution in [0.4, 0.5) is 17.1 Å². The molecule has 0 aliphatic carbocycles. The first-order valence-electron chi connectivity index (χ1n) is 4.41. The molecule has 1 aromatic carbocycles. The molecule has 0 fully saturated rings. The first kappa shape index (κ1) is 9.26. The largest absolute Gasteiger partial charge is 0.399 e. The Hall–Kier alpha value is -2.30. The lowest BCUT2D eigenvalue weighted by atomic mass is 10.3. The molecule has 0 atom stereocenters.